The third-order valence-corrected chi connectivity index (χ3v) is 14.1. The molecule has 406 valence electrons. The van der Waals surface area contributed by atoms with Crippen LogP contribution in [0.1, 0.15) is 123 Å². The smallest absolute Gasteiger partial charge is 0.325 e. The number of aromatic nitrogens is 6. The van der Waals surface area contributed by atoms with E-state index in [-0.39, 0.29) is 61.5 Å². The predicted octanol–water partition coefficient (Wildman–Crippen LogP) is 5.85. The molecule has 21 nitrogen and oxygen atoms in total. The van der Waals surface area contributed by atoms with Crippen molar-refractivity contribution >= 4 is 80.5 Å². The summed E-state index contributed by atoms with van der Waals surface area (Å²) < 4.78 is 23.2. The number of likely N-dealkylation sites (tertiary alicyclic amines) is 1. The lowest BCUT2D eigenvalue weighted by Crippen LogP contribution is -2.40. The van der Waals surface area contributed by atoms with Crippen LogP contribution < -0.4 is 31.9 Å². The van der Waals surface area contributed by atoms with Crippen LogP contribution in [0.5, 0.6) is 0 Å². The molecule has 22 heteroatoms. The maximum absolute atomic E-state index is 16.0. The molecule has 5 amide bonds. The number of hydrogen-bond donors (Lipinski definition) is 5. The van der Waals surface area contributed by atoms with Gasteiger partial charge in [-0.3, -0.25) is 38.2 Å². The molecule has 0 bridgehead atoms. The monoisotopic (exact) mass is 1060 g/mol. The van der Waals surface area contributed by atoms with Crippen molar-refractivity contribution in [3.8, 4) is 11.1 Å². The van der Waals surface area contributed by atoms with E-state index in [1.165, 1.54) is 40.7 Å². The van der Waals surface area contributed by atoms with Gasteiger partial charge in [-0.05, 0) is 98.2 Å². The second-order valence-corrected chi connectivity index (χ2v) is 19.8. The molecule has 2 fully saturated rings. The maximum Gasteiger partial charge on any atom is 0.325 e. The number of rotatable bonds is 22. The fourth-order valence-electron chi connectivity index (χ4n) is 9.87. The minimum absolute atomic E-state index is 0.0773. The van der Waals surface area contributed by atoms with Crippen LogP contribution in [0.2, 0.25) is 0 Å². The van der Waals surface area contributed by atoms with Gasteiger partial charge in [0, 0.05) is 74.0 Å². The number of anilines is 3. The molecule has 0 atom stereocenters. The number of fused-ring (bicyclic) bond motifs is 2. The zero-order chi connectivity index (χ0) is 54.6. The lowest BCUT2D eigenvalue weighted by Gasteiger charge is -2.32. The van der Waals surface area contributed by atoms with Crippen molar-refractivity contribution in [3.05, 3.63) is 89.8 Å². The fraction of sp³-hybridized carbons (Fsp3) is 0.436. The maximum atomic E-state index is 16.0. The van der Waals surface area contributed by atoms with E-state index in [0.29, 0.717) is 83.7 Å². The van der Waals surface area contributed by atoms with Gasteiger partial charge in [0.15, 0.2) is 11.5 Å². The van der Waals surface area contributed by atoms with Gasteiger partial charge < -0.3 is 41.5 Å². The first-order valence-electron chi connectivity index (χ1n) is 26.3. The molecule has 5 heterocycles. The van der Waals surface area contributed by atoms with E-state index in [2.05, 4.69) is 53.1 Å². The van der Waals surface area contributed by atoms with Gasteiger partial charge in [0.25, 0.3) is 5.91 Å². The number of piperidine rings is 2. The van der Waals surface area contributed by atoms with E-state index >= 15 is 4.39 Å². The van der Waals surface area contributed by atoms with Crippen molar-refractivity contribution in [2.45, 2.75) is 103 Å². The normalized spacial score (nSPS) is 13.9. The van der Waals surface area contributed by atoms with Gasteiger partial charge in [-0.15, -0.1) is 0 Å². The highest BCUT2D eigenvalue weighted by molar-refractivity contribution is 6.01. The number of hydrogen-bond acceptors (Lipinski definition) is 14. The van der Waals surface area contributed by atoms with Crippen LogP contribution in [0.4, 0.5) is 21.7 Å². The Bertz CT molecular complexity index is 3140. The van der Waals surface area contributed by atoms with Crippen molar-refractivity contribution in [2.24, 2.45) is 5.73 Å². The van der Waals surface area contributed by atoms with Crippen LogP contribution in [0.3, 0.4) is 0 Å². The second kappa shape index (κ2) is 25.5. The van der Waals surface area contributed by atoms with Crippen molar-refractivity contribution in [3.63, 3.8) is 0 Å². The minimum Gasteiger partial charge on any atom is -0.468 e. The van der Waals surface area contributed by atoms with Crippen LogP contribution in [0, 0.1) is 5.82 Å². The molecule has 2 aliphatic heterocycles. The Labute approximate surface area is 444 Å². The Morgan fingerprint density at radius 3 is 2.26 bits per heavy atom. The van der Waals surface area contributed by atoms with Crippen molar-refractivity contribution in [2.75, 3.05) is 63.1 Å². The van der Waals surface area contributed by atoms with Gasteiger partial charge in [-0.1, -0.05) is 44.5 Å². The van der Waals surface area contributed by atoms with Crippen molar-refractivity contribution in [1.82, 2.24) is 50.4 Å². The van der Waals surface area contributed by atoms with E-state index in [1.807, 2.05) is 30.9 Å². The van der Waals surface area contributed by atoms with Gasteiger partial charge in [0.05, 0.1) is 42.8 Å². The number of ether oxygens (including phenoxy) is 1. The zero-order valence-corrected chi connectivity index (χ0v) is 43.7. The molecule has 0 aliphatic carbocycles. The van der Waals surface area contributed by atoms with E-state index in [4.69, 9.17) is 15.8 Å². The Morgan fingerprint density at radius 1 is 0.779 bits per heavy atom. The third-order valence-electron chi connectivity index (χ3n) is 14.1. The summed E-state index contributed by atoms with van der Waals surface area (Å²) in [5, 5.41) is 21.0. The molecular formula is C55H66FN13O8. The predicted molar refractivity (Wildman–Crippen MR) is 287 cm³/mol. The van der Waals surface area contributed by atoms with Crippen molar-refractivity contribution < 1.29 is 42.7 Å². The van der Waals surface area contributed by atoms with E-state index in [9.17, 15) is 33.6 Å². The van der Waals surface area contributed by atoms with Gasteiger partial charge in [-0.25, -0.2) is 19.0 Å². The molecule has 8 rings (SSSR count). The number of methoxy groups -OCH3 is 1. The molecule has 2 saturated heterocycles. The molecule has 2 aliphatic rings. The quantitative estimate of drug-likeness (QED) is 0.0395. The summed E-state index contributed by atoms with van der Waals surface area (Å²) >= 11 is 0. The van der Waals surface area contributed by atoms with E-state index in [1.54, 1.807) is 30.5 Å². The first-order valence-corrected chi connectivity index (χ1v) is 26.3. The Morgan fingerprint density at radius 2 is 1.53 bits per heavy atom. The zero-order valence-electron chi connectivity index (χ0n) is 43.7. The SMILES string of the molecule is COC(=O)CNC(=O)CNC(=O)Cn1nc(C(C)C)c2c(-c3cc4c(cnn4C(=O)CCC(=O)NCCCCCC(=O)N4CCC(c5ccc(Nc6nc(N7CCCCC7)cnc6C(N)=O)cc5)CC4)cc3F)cccc21. The van der Waals surface area contributed by atoms with Crippen LogP contribution in [-0.4, -0.2) is 129 Å². The van der Waals surface area contributed by atoms with Crippen LogP contribution in [0.15, 0.2) is 67.0 Å². The molecule has 6 N–H and O–H groups in total. The Hall–Kier alpha value is -8.30. The minimum atomic E-state index is -0.650. The van der Waals surface area contributed by atoms with Crippen molar-refractivity contribution in [1.29, 1.82) is 0 Å². The summed E-state index contributed by atoms with van der Waals surface area (Å²) in [5.41, 5.74) is 9.86. The van der Waals surface area contributed by atoms with E-state index in [0.717, 1.165) is 56.7 Å². The number of unbranched alkanes of at least 4 members (excludes halogenated alkanes) is 2. The highest BCUT2D eigenvalue weighted by atomic mass is 19.1. The number of carbonyl (C=O) groups is 7. The summed E-state index contributed by atoms with van der Waals surface area (Å²) in [6, 6.07) is 16.1. The molecule has 0 spiro atoms. The van der Waals surface area contributed by atoms with Gasteiger partial charge in [0.1, 0.15) is 24.7 Å². The highest BCUT2D eigenvalue weighted by Crippen LogP contribution is 2.37. The second-order valence-electron chi connectivity index (χ2n) is 19.8. The summed E-state index contributed by atoms with van der Waals surface area (Å²) in [5.74, 6) is -2.32. The highest BCUT2D eigenvalue weighted by Gasteiger charge is 2.26. The number of benzene rings is 3. The first kappa shape index (κ1) is 54.9. The molecule has 77 heavy (non-hydrogen) atoms. The van der Waals surface area contributed by atoms with Gasteiger partial charge in [-0.2, -0.15) is 10.2 Å². The number of primary amides is 1. The Balaban J connectivity index is 0.764. The fourth-order valence-corrected chi connectivity index (χ4v) is 9.87. The number of nitrogens with zero attached hydrogens (tertiary/aromatic N) is 8. The lowest BCUT2D eigenvalue weighted by atomic mass is 9.89. The largest absolute Gasteiger partial charge is 0.468 e. The van der Waals surface area contributed by atoms with Crippen LogP contribution in [0.25, 0.3) is 32.9 Å². The topological polar surface area (TPSA) is 271 Å². The molecule has 0 saturated carbocycles. The average molecular weight is 1060 g/mol. The molecule has 0 unspecified atom stereocenters. The molecule has 3 aromatic carbocycles. The molecular weight excluding hydrogens is 990 g/mol. The summed E-state index contributed by atoms with van der Waals surface area (Å²) in [6.07, 6.45) is 10.4. The summed E-state index contributed by atoms with van der Waals surface area (Å²) in [4.78, 5) is 101. The number of nitrogens with one attached hydrogen (secondary N) is 4. The molecule has 6 aromatic rings. The molecule has 0 radical (unpaired) electrons. The Kier molecular flexibility index (Phi) is 18.2. The summed E-state index contributed by atoms with van der Waals surface area (Å²) in [6.45, 7) is 6.43. The number of halogens is 1. The molecule has 3 aromatic heterocycles. The first-order chi connectivity index (χ1) is 37.2. The third kappa shape index (κ3) is 13.8. The van der Waals surface area contributed by atoms with Crippen LogP contribution in [-0.2, 0) is 35.3 Å². The lowest BCUT2D eigenvalue weighted by molar-refractivity contribution is -0.141. The van der Waals surface area contributed by atoms with Gasteiger partial charge >= 0.3 is 5.97 Å². The number of carbonyl (C=O) groups excluding carboxylic acids is 7. The van der Waals surface area contributed by atoms with Crippen LogP contribution >= 0.6 is 0 Å². The number of esters is 1. The number of amides is 5. The average Bonchev–Trinajstić information content (AvgIpc) is 4.06. The standard InChI is InChI=1S/C55H66FN13O8/c1-34(2)52-51-39(11-10-12-42(51)68(65-52)33-47(72)59-31-46(71)60-32-50(75)77-3)40-28-43-37(27-41(40)56)29-62-69(43)49(74)19-18-45(70)58-22-7-4-6-13-48(73)67-25-20-36(21-26-67)35-14-16-38(17-15-35)63-55-53(54(57)76)61-30-44(64-55)66-23-8-5-9-24-66/h10-12,14-17,27-30,34,36H,4-9,13,18-26,31-33H2,1-3H3,(H2,57,76)(H,58,70)(H,59,72)(H,60,71)(H,63,64). The van der Waals surface area contributed by atoms with Gasteiger partial charge in [0.2, 0.25) is 29.5 Å². The summed E-state index contributed by atoms with van der Waals surface area (Å²) in [7, 11) is 1.19. The van der Waals surface area contributed by atoms with E-state index < -0.39 is 35.4 Å². The number of nitrogens with two attached hydrogens (primary N) is 1.